The fourth-order valence-electron chi connectivity index (χ4n) is 2.01. The van der Waals surface area contributed by atoms with Crippen molar-refractivity contribution >= 4 is 28.7 Å². The van der Waals surface area contributed by atoms with E-state index in [-0.39, 0.29) is 16.8 Å². The molecule has 0 saturated carbocycles. The highest BCUT2D eigenvalue weighted by Gasteiger charge is 2.26. The van der Waals surface area contributed by atoms with Crippen LogP contribution < -0.4 is 16.4 Å². The number of nitrogens with zero attached hydrogens (tertiary/aromatic N) is 1. The zero-order chi connectivity index (χ0) is 12.6. The van der Waals surface area contributed by atoms with Crippen molar-refractivity contribution in [3.8, 4) is 0 Å². The first kappa shape index (κ1) is 12.3. The Labute approximate surface area is 104 Å². The van der Waals surface area contributed by atoms with Crippen LogP contribution in [0.15, 0.2) is 6.07 Å². The third-order valence-corrected chi connectivity index (χ3v) is 3.28. The van der Waals surface area contributed by atoms with Crippen LogP contribution >= 0.6 is 11.6 Å². The van der Waals surface area contributed by atoms with Gasteiger partial charge in [0.1, 0.15) is 5.02 Å². The summed E-state index contributed by atoms with van der Waals surface area (Å²) in [4.78, 5) is 1.86. The molecular weight excluding hydrogens is 245 g/mol. The second-order valence-electron chi connectivity index (χ2n) is 4.15. The second-order valence-corrected chi connectivity index (χ2v) is 4.53. The minimum absolute atomic E-state index is 0.0558. The minimum Gasteiger partial charge on any atom is -0.397 e. The van der Waals surface area contributed by atoms with Gasteiger partial charge in [-0.3, -0.25) is 0 Å². The van der Waals surface area contributed by atoms with Gasteiger partial charge < -0.3 is 21.1 Å². The van der Waals surface area contributed by atoms with Crippen molar-refractivity contribution in [1.29, 1.82) is 0 Å². The predicted molar refractivity (Wildman–Crippen MR) is 67.9 cm³/mol. The van der Waals surface area contributed by atoms with Gasteiger partial charge in [-0.15, -0.1) is 0 Å². The molecule has 0 amide bonds. The van der Waals surface area contributed by atoms with Gasteiger partial charge in [-0.2, -0.15) is 0 Å². The Kier molecular flexibility index (Phi) is 3.31. The summed E-state index contributed by atoms with van der Waals surface area (Å²) in [5.41, 5.74) is 12.2. The van der Waals surface area contributed by atoms with Crippen molar-refractivity contribution in [2.45, 2.75) is 13.0 Å². The normalized spacial score (nSPS) is 20.6. The molecule has 1 saturated heterocycles. The number of nitrogen functional groups attached to an aromatic ring is 2. The number of morpholine rings is 1. The van der Waals surface area contributed by atoms with E-state index in [0.29, 0.717) is 31.1 Å². The van der Waals surface area contributed by atoms with Crippen LogP contribution in [0.1, 0.15) is 6.92 Å². The molecule has 4 N–H and O–H groups in total. The van der Waals surface area contributed by atoms with Gasteiger partial charge in [-0.1, -0.05) is 11.6 Å². The molecule has 6 heteroatoms. The van der Waals surface area contributed by atoms with Crippen LogP contribution in [0.25, 0.3) is 0 Å². The van der Waals surface area contributed by atoms with E-state index < -0.39 is 5.82 Å². The number of benzene rings is 1. The van der Waals surface area contributed by atoms with E-state index in [1.54, 1.807) is 0 Å². The van der Waals surface area contributed by atoms with E-state index in [2.05, 4.69) is 0 Å². The zero-order valence-electron chi connectivity index (χ0n) is 9.54. The molecule has 0 aliphatic carbocycles. The number of hydrogen-bond acceptors (Lipinski definition) is 4. The first-order chi connectivity index (χ1) is 8.02. The maximum absolute atomic E-state index is 14.1. The number of halogens is 2. The third kappa shape index (κ3) is 2.12. The van der Waals surface area contributed by atoms with E-state index in [1.165, 1.54) is 6.07 Å². The lowest BCUT2D eigenvalue weighted by molar-refractivity contribution is 0.0986. The fourth-order valence-corrected chi connectivity index (χ4v) is 2.15. The van der Waals surface area contributed by atoms with Crippen molar-refractivity contribution in [3.63, 3.8) is 0 Å². The molecule has 4 nitrogen and oxygen atoms in total. The summed E-state index contributed by atoms with van der Waals surface area (Å²) in [5, 5.41) is -0.0760. The summed E-state index contributed by atoms with van der Waals surface area (Å²) in [6, 6.07) is 1.54. The molecule has 0 spiro atoms. The minimum atomic E-state index is -0.557. The van der Waals surface area contributed by atoms with Crippen LogP contribution in [-0.4, -0.2) is 25.8 Å². The number of ether oxygens (including phenoxy) is 1. The van der Waals surface area contributed by atoms with Gasteiger partial charge in [0.2, 0.25) is 0 Å². The summed E-state index contributed by atoms with van der Waals surface area (Å²) in [6.45, 7) is 3.62. The van der Waals surface area contributed by atoms with Crippen molar-refractivity contribution in [1.82, 2.24) is 0 Å². The molecule has 1 fully saturated rings. The van der Waals surface area contributed by atoms with Gasteiger partial charge in [-0.25, -0.2) is 4.39 Å². The molecule has 1 aromatic carbocycles. The van der Waals surface area contributed by atoms with Crippen LogP contribution in [0.5, 0.6) is 0 Å². The SMILES string of the molecule is CC1COCCN1c1c(N)cc(N)c(Cl)c1F. The van der Waals surface area contributed by atoms with Crippen molar-refractivity contribution < 1.29 is 9.13 Å². The molecule has 0 radical (unpaired) electrons. The Bertz CT molecular complexity index is 441. The van der Waals surface area contributed by atoms with E-state index in [1.807, 2.05) is 11.8 Å². The van der Waals surface area contributed by atoms with Crippen LogP contribution in [-0.2, 0) is 4.74 Å². The summed E-state index contributed by atoms with van der Waals surface area (Å²) in [7, 11) is 0. The molecule has 1 atom stereocenters. The van der Waals surface area contributed by atoms with Crippen LogP contribution in [0, 0.1) is 5.82 Å². The molecule has 94 valence electrons. The molecule has 1 aliphatic heterocycles. The topological polar surface area (TPSA) is 64.5 Å². The van der Waals surface area contributed by atoms with E-state index in [4.69, 9.17) is 27.8 Å². The maximum Gasteiger partial charge on any atom is 0.169 e. The molecule has 1 aliphatic rings. The Hall–Kier alpha value is -1.20. The summed E-state index contributed by atoms with van der Waals surface area (Å²) >= 11 is 5.81. The van der Waals surface area contributed by atoms with E-state index >= 15 is 0 Å². The maximum atomic E-state index is 14.1. The number of anilines is 3. The summed E-state index contributed by atoms with van der Waals surface area (Å²) < 4.78 is 19.4. The van der Waals surface area contributed by atoms with Crippen molar-refractivity contribution in [3.05, 3.63) is 16.9 Å². The Morgan fingerprint density at radius 1 is 1.47 bits per heavy atom. The number of hydrogen-bond donors (Lipinski definition) is 2. The number of nitrogens with two attached hydrogens (primary N) is 2. The van der Waals surface area contributed by atoms with Gasteiger partial charge in [0.25, 0.3) is 0 Å². The molecule has 1 aromatic rings. The van der Waals surface area contributed by atoms with E-state index in [0.717, 1.165) is 0 Å². The molecule has 1 heterocycles. The molecule has 2 rings (SSSR count). The predicted octanol–water partition coefficient (Wildman–Crippen LogP) is 1.87. The lowest BCUT2D eigenvalue weighted by Crippen LogP contribution is -2.44. The second kappa shape index (κ2) is 4.58. The largest absolute Gasteiger partial charge is 0.397 e. The lowest BCUT2D eigenvalue weighted by Gasteiger charge is -2.36. The lowest BCUT2D eigenvalue weighted by atomic mass is 10.1. The standard InChI is InChI=1S/C11H15ClFN3O/c1-6-5-17-3-2-16(6)11-8(15)4-7(14)9(12)10(11)13/h4,6H,2-3,5,14-15H2,1H3. The highest BCUT2D eigenvalue weighted by molar-refractivity contribution is 6.33. The molecule has 0 bridgehead atoms. The average Bonchev–Trinajstić information content (AvgIpc) is 2.29. The fraction of sp³-hybridized carbons (Fsp3) is 0.455. The van der Waals surface area contributed by atoms with Gasteiger partial charge in [0.05, 0.1) is 30.3 Å². The van der Waals surface area contributed by atoms with Crippen LogP contribution in [0.4, 0.5) is 21.5 Å². The highest BCUT2D eigenvalue weighted by Crippen LogP contribution is 2.37. The number of rotatable bonds is 1. The molecular formula is C11H15ClFN3O. The van der Waals surface area contributed by atoms with Gasteiger partial charge in [0.15, 0.2) is 5.82 Å². The first-order valence-electron chi connectivity index (χ1n) is 5.39. The molecule has 17 heavy (non-hydrogen) atoms. The quantitative estimate of drug-likeness (QED) is 0.756. The molecule has 0 aromatic heterocycles. The van der Waals surface area contributed by atoms with Crippen molar-refractivity contribution in [2.75, 3.05) is 36.1 Å². The summed E-state index contributed by atoms with van der Waals surface area (Å²) in [6.07, 6.45) is 0. The van der Waals surface area contributed by atoms with E-state index in [9.17, 15) is 4.39 Å². The zero-order valence-corrected chi connectivity index (χ0v) is 10.3. The Balaban J connectivity index is 2.47. The Morgan fingerprint density at radius 2 is 2.18 bits per heavy atom. The highest BCUT2D eigenvalue weighted by atomic mass is 35.5. The summed E-state index contributed by atoms with van der Waals surface area (Å²) in [5.74, 6) is -0.557. The smallest absolute Gasteiger partial charge is 0.169 e. The Morgan fingerprint density at radius 3 is 2.82 bits per heavy atom. The van der Waals surface area contributed by atoms with Crippen LogP contribution in [0.3, 0.4) is 0 Å². The monoisotopic (exact) mass is 259 g/mol. The molecule has 1 unspecified atom stereocenters. The van der Waals surface area contributed by atoms with Gasteiger partial charge in [0, 0.05) is 12.6 Å². The van der Waals surface area contributed by atoms with Crippen molar-refractivity contribution in [2.24, 2.45) is 0 Å². The van der Waals surface area contributed by atoms with Gasteiger partial charge >= 0.3 is 0 Å². The van der Waals surface area contributed by atoms with Gasteiger partial charge in [-0.05, 0) is 13.0 Å². The third-order valence-electron chi connectivity index (χ3n) is 2.89. The van der Waals surface area contributed by atoms with Crippen LogP contribution in [0.2, 0.25) is 5.02 Å². The average molecular weight is 260 g/mol. The first-order valence-corrected chi connectivity index (χ1v) is 5.77.